The molecule has 0 unspecified atom stereocenters. The summed E-state index contributed by atoms with van der Waals surface area (Å²) in [5.41, 5.74) is 2.26. The Labute approximate surface area is 136 Å². The highest BCUT2D eigenvalue weighted by Gasteiger charge is 2.27. The topological polar surface area (TPSA) is 20.3 Å². The number of nitrogens with zero attached hydrogens (tertiary/aromatic N) is 1. The second-order valence-corrected chi connectivity index (χ2v) is 12.0. The first-order chi connectivity index (χ1) is 9.22. The van der Waals surface area contributed by atoms with E-state index >= 15 is 0 Å². The third kappa shape index (κ3) is 3.82. The van der Waals surface area contributed by atoms with Crippen LogP contribution in [0.5, 0.6) is 0 Å². The van der Waals surface area contributed by atoms with Crippen molar-refractivity contribution in [2.45, 2.75) is 26.6 Å². The number of carbonyl (C=O) groups excluding carboxylic acids is 1. The number of rotatable bonds is 5. The lowest BCUT2D eigenvalue weighted by Gasteiger charge is -2.29. The average molecular weight is 399 g/mol. The molecule has 0 N–H and O–H groups in total. The summed E-state index contributed by atoms with van der Waals surface area (Å²) in [6, 6.07) is 4.34. The lowest BCUT2D eigenvalue weighted by atomic mass is 10.2. The first-order valence-corrected chi connectivity index (χ1v) is 11.2. The number of anilines is 1. The van der Waals surface area contributed by atoms with Crippen LogP contribution in [-0.4, -0.2) is 20.5 Å². The zero-order chi connectivity index (χ0) is 15.5. The average Bonchev–Trinajstić information content (AvgIpc) is 2.34. The highest BCUT2D eigenvalue weighted by atomic mass is 127. The van der Waals surface area contributed by atoms with Crippen LogP contribution in [0.25, 0.3) is 0 Å². The minimum atomic E-state index is -1.56. The van der Waals surface area contributed by atoms with Gasteiger partial charge in [-0.05, 0) is 46.8 Å². The number of aryl methyl sites for hydroxylation is 1. The molecule has 0 saturated heterocycles. The van der Waals surface area contributed by atoms with Crippen LogP contribution in [0.15, 0.2) is 37.4 Å². The molecule has 1 rings (SSSR count). The Morgan fingerprint density at radius 3 is 2.40 bits per heavy atom. The van der Waals surface area contributed by atoms with Crippen LogP contribution < -0.4 is 10.1 Å². The van der Waals surface area contributed by atoms with E-state index in [0.29, 0.717) is 6.54 Å². The minimum Gasteiger partial charge on any atom is -0.304 e. The zero-order valence-electron chi connectivity index (χ0n) is 12.7. The first kappa shape index (κ1) is 17.2. The summed E-state index contributed by atoms with van der Waals surface area (Å²) in [7, 11) is -1.56. The van der Waals surface area contributed by atoms with Gasteiger partial charge in [-0.1, -0.05) is 43.9 Å². The van der Waals surface area contributed by atoms with Gasteiger partial charge in [0.1, 0.15) is 0 Å². The quantitative estimate of drug-likeness (QED) is 0.319. The van der Waals surface area contributed by atoms with E-state index in [4.69, 9.17) is 0 Å². The van der Waals surface area contributed by atoms with Gasteiger partial charge in [0.15, 0.2) is 0 Å². The van der Waals surface area contributed by atoms with Crippen LogP contribution in [-0.2, 0) is 4.79 Å². The van der Waals surface area contributed by atoms with Gasteiger partial charge in [0.2, 0.25) is 0 Å². The van der Waals surface area contributed by atoms with Crippen molar-refractivity contribution in [3.63, 3.8) is 0 Å². The van der Waals surface area contributed by atoms with E-state index < -0.39 is 8.07 Å². The molecule has 0 aliphatic rings. The number of amides is 1. The fraction of sp³-hybridized carbons (Fsp3) is 0.312. The Balaban J connectivity index is 3.58. The summed E-state index contributed by atoms with van der Waals surface area (Å²) >= 11 is 2.32. The molecular formula is C16H22INOSi. The van der Waals surface area contributed by atoms with Crippen molar-refractivity contribution in [3.8, 4) is 0 Å². The summed E-state index contributed by atoms with van der Waals surface area (Å²) in [4.78, 5) is 14.0. The van der Waals surface area contributed by atoms with Gasteiger partial charge in [0.05, 0.1) is 13.8 Å². The normalized spacial score (nSPS) is 11.1. The maximum Gasteiger partial charge on any atom is 0.250 e. The van der Waals surface area contributed by atoms with Crippen molar-refractivity contribution in [1.29, 1.82) is 0 Å². The molecule has 0 radical (unpaired) electrons. The minimum absolute atomic E-state index is 0.0776. The molecule has 108 valence electrons. The molecule has 20 heavy (non-hydrogen) atoms. The summed E-state index contributed by atoms with van der Waals surface area (Å²) in [5, 5.41) is 1.30. The second kappa shape index (κ2) is 6.71. The molecule has 0 spiro atoms. The standard InChI is InChI=1S/C16H22INOSi/c1-7-9-18(15(19)8-2)16-13(17)10-12(3)11-14(16)20(4,5)6/h7-8,10-11H,1-2,9H2,3-6H3. The smallest absolute Gasteiger partial charge is 0.250 e. The van der Waals surface area contributed by atoms with E-state index in [-0.39, 0.29) is 5.91 Å². The summed E-state index contributed by atoms with van der Waals surface area (Å²) < 4.78 is 1.11. The number of hydrogen-bond acceptors (Lipinski definition) is 1. The molecule has 0 saturated carbocycles. The van der Waals surface area contributed by atoms with Crippen LogP contribution in [0, 0.1) is 10.5 Å². The van der Waals surface area contributed by atoms with Gasteiger partial charge in [0, 0.05) is 10.1 Å². The Morgan fingerprint density at radius 1 is 1.35 bits per heavy atom. The van der Waals surface area contributed by atoms with Gasteiger partial charge in [-0.3, -0.25) is 4.79 Å². The van der Waals surface area contributed by atoms with Gasteiger partial charge in [-0.15, -0.1) is 6.58 Å². The number of halogens is 1. The van der Waals surface area contributed by atoms with Gasteiger partial charge in [-0.25, -0.2) is 0 Å². The first-order valence-electron chi connectivity index (χ1n) is 6.57. The summed E-state index contributed by atoms with van der Waals surface area (Å²) in [6.45, 7) is 16.9. The van der Waals surface area contributed by atoms with Crippen molar-refractivity contribution >= 4 is 47.4 Å². The van der Waals surface area contributed by atoms with E-state index in [1.54, 1.807) is 11.0 Å². The molecule has 0 bridgehead atoms. The second-order valence-electron chi connectivity index (χ2n) is 5.83. The van der Waals surface area contributed by atoms with E-state index in [9.17, 15) is 4.79 Å². The van der Waals surface area contributed by atoms with Crippen LogP contribution in [0.2, 0.25) is 19.6 Å². The monoisotopic (exact) mass is 399 g/mol. The zero-order valence-corrected chi connectivity index (χ0v) is 15.8. The van der Waals surface area contributed by atoms with Crippen LogP contribution >= 0.6 is 22.6 Å². The maximum atomic E-state index is 12.2. The predicted octanol–water partition coefficient (Wildman–Crippen LogP) is 3.85. The molecule has 2 nitrogen and oxygen atoms in total. The molecule has 0 aliphatic heterocycles. The van der Waals surface area contributed by atoms with E-state index in [1.165, 1.54) is 16.8 Å². The van der Waals surface area contributed by atoms with Gasteiger partial charge in [0.25, 0.3) is 5.91 Å². The highest BCUT2D eigenvalue weighted by molar-refractivity contribution is 14.1. The van der Waals surface area contributed by atoms with E-state index in [1.807, 2.05) is 0 Å². The Bertz CT molecular complexity index is 546. The predicted molar refractivity (Wildman–Crippen MR) is 99.6 cm³/mol. The third-order valence-corrected chi connectivity index (χ3v) is 5.86. The molecule has 1 aromatic carbocycles. The lowest BCUT2D eigenvalue weighted by Crippen LogP contribution is -2.44. The lowest BCUT2D eigenvalue weighted by molar-refractivity contribution is -0.114. The largest absolute Gasteiger partial charge is 0.304 e. The van der Waals surface area contributed by atoms with Crippen molar-refractivity contribution in [2.75, 3.05) is 11.4 Å². The van der Waals surface area contributed by atoms with Gasteiger partial charge >= 0.3 is 0 Å². The molecule has 0 fully saturated rings. The van der Waals surface area contributed by atoms with E-state index in [0.717, 1.165) is 9.26 Å². The van der Waals surface area contributed by atoms with Gasteiger partial charge < -0.3 is 4.90 Å². The van der Waals surface area contributed by atoms with Crippen LogP contribution in [0.4, 0.5) is 5.69 Å². The van der Waals surface area contributed by atoms with Crippen molar-refractivity contribution < 1.29 is 4.79 Å². The number of carbonyl (C=O) groups is 1. The summed E-state index contributed by atoms with van der Waals surface area (Å²) in [5.74, 6) is -0.0776. The Kier molecular flexibility index (Phi) is 5.76. The molecule has 4 heteroatoms. The third-order valence-electron chi connectivity index (χ3n) is 3.04. The van der Waals surface area contributed by atoms with Crippen molar-refractivity contribution in [2.24, 2.45) is 0 Å². The molecule has 1 amide bonds. The number of benzene rings is 1. The molecule has 0 heterocycles. The molecule has 0 aliphatic carbocycles. The highest BCUT2D eigenvalue weighted by Crippen LogP contribution is 2.25. The fourth-order valence-corrected chi connectivity index (χ4v) is 5.08. The van der Waals surface area contributed by atoms with E-state index in [2.05, 4.69) is 74.4 Å². The van der Waals surface area contributed by atoms with Crippen molar-refractivity contribution in [3.05, 3.63) is 46.6 Å². The Hall–Kier alpha value is -0.883. The van der Waals surface area contributed by atoms with Gasteiger partial charge in [-0.2, -0.15) is 0 Å². The Morgan fingerprint density at radius 2 is 1.95 bits per heavy atom. The van der Waals surface area contributed by atoms with Crippen LogP contribution in [0.1, 0.15) is 5.56 Å². The number of hydrogen-bond donors (Lipinski definition) is 0. The molecule has 0 atom stereocenters. The van der Waals surface area contributed by atoms with Crippen LogP contribution in [0.3, 0.4) is 0 Å². The van der Waals surface area contributed by atoms with Crippen molar-refractivity contribution in [1.82, 2.24) is 0 Å². The molecule has 0 aromatic heterocycles. The molecular weight excluding hydrogens is 377 g/mol. The fourth-order valence-electron chi connectivity index (χ4n) is 2.11. The summed E-state index contributed by atoms with van der Waals surface area (Å²) in [6.07, 6.45) is 3.12. The maximum absolute atomic E-state index is 12.2. The SMILES string of the molecule is C=CCN(C(=O)C=C)c1c(I)cc(C)cc1[Si](C)(C)C. The molecule has 1 aromatic rings.